The highest BCUT2D eigenvalue weighted by Crippen LogP contribution is 2.25. The van der Waals surface area contributed by atoms with Gasteiger partial charge in [0.15, 0.2) is 12.6 Å². The number of rotatable bonds is 9. The smallest absolute Gasteiger partial charge is 0.333 e. The van der Waals surface area contributed by atoms with E-state index in [1.165, 1.54) is 0 Å². The third-order valence-corrected chi connectivity index (χ3v) is 4.84. The first-order valence-electron chi connectivity index (χ1n) is 9.95. The van der Waals surface area contributed by atoms with Crippen molar-refractivity contribution in [1.29, 1.82) is 0 Å². The van der Waals surface area contributed by atoms with Gasteiger partial charge in [0.2, 0.25) is 0 Å². The van der Waals surface area contributed by atoms with Crippen LogP contribution in [0.3, 0.4) is 0 Å². The third-order valence-electron chi connectivity index (χ3n) is 4.84. The summed E-state index contributed by atoms with van der Waals surface area (Å²) in [6.45, 7) is 6.27. The Morgan fingerprint density at radius 1 is 1.36 bits per heavy atom. The number of amides is 1. The fraction of sp³-hybridized carbons (Fsp3) is 0.737. The van der Waals surface area contributed by atoms with E-state index in [4.69, 9.17) is 9.47 Å². The second-order valence-corrected chi connectivity index (χ2v) is 6.79. The number of guanidine groups is 1. The first kappa shape index (κ1) is 22.1. The van der Waals surface area contributed by atoms with Gasteiger partial charge >= 0.3 is 5.97 Å². The van der Waals surface area contributed by atoms with Gasteiger partial charge in [-0.25, -0.2) is 9.18 Å². The van der Waals surface area contributed by atoms with Gasteiger partial charge in [-0.1, -0.05) is 13.8 Å². The lowest BCUT2D eigenvalue weighted by molar-refractivity contribution is -0.139. The number of hydrogen-bond acceptors (Lipinski definition) is 7. The molecule has 9 heteroatoms. The number of alkyl halides is 1. The van der Waals surface area contributed by atoms with E-state index in [0.717, 1.165) is 12.8 Å². The highest BCUT2D eigenvalue weighted by molar-refractivity contribution is 5.89. The number of esters is 1. The highest BCUT2D eigenvalue weighted by atomic mass is 19.1. The monoisotopic (exact) mass is 398 g/mol. The predicted molar refractivity (Wildman–Crippen MR) is 104 cm³/mol. The maximum Gasteiger partial charge on any atom is 0.333 e. The van der Waals surface area contributed by atoms with Crippen LogP contribution in [0.15, 0.2) is 16.6 Å². The number of halogens is 1. The second kappa shape index (κ2) is 11.0. The van der Waals surface area contributed by atoms with E-state index < -0.39 is 36.7 Å². The van der Waals surface area contributed by atoms with E-state index in [-0.39, 0.29) is 12.7 Å². The molecule has 0 radical (unpaired) electrons. The van der Waals surface area contributed by atoms with E-state index in [0.29, 0.717) is 31.0 Å². The van der Waals surface area contributed by atoms with Crippen LogP contribution in [-0.4, -0.2) is 68.5 Å². The number of hydrogen-bond donors (Lipinski definition) is 3. The number of nitrogens with one attached hydrogen (secondary N) is 3. The zero-order chi connectivity index (χ0) is 20.5. The average Bonchev–Trinajstić information content (AvgIpc) is 3.20. The molecule has 0 fully saturated rings. The molecule has 0 bridgehead atoms. The zero-order valence-corrected chi connectivity index (χ0v) is 16.8. The van der Waals surface area contributed by atoms with Crippen molar-refractivity contribution < 1.29 is 23.5 Å². The number of ether oxygens (including phenoxy) is 2. The Hall–Kier alpha value is -2.16. The van der Waals surface area contributed by atoms with Crippen LogP contribution in [0.2, 0.25) is 0 Å². The molecular formula is C19H31FN4O4. The van der Waals surface area contributed by atoms with Crippen LogP contribution in [0.4, 0.5) is 4.39 Å². The number of carbonyl (C=O) groups excluding carboxylic acids is 2. The molecule has 8 nitrogen and oxygen atoms in total. The van der Waals surface area contributed by atoms with Crippen molar-refractivity contribution in [3.63, 3.8) is 0 Å². The molecule has 3 atom stereocenters. The largest absolute Gasteiger partial charge is 0.463 e. The Kier molecular flexibility index (Phi) is 8.69. The van der Waals surface area contributed by atoms with Gasteiger partial charge in [0.1, 0.15) is 0 Å². The molecule has 2 rings (SSSR count). The molecule has 3 unspecified atom stereocenters. The number of nitrogens with zero attached hydrogens (tertiary/aromatic N) is 1. The molecule has 158 valence electrons. The summed E-state index contributed by atoms with van der Waals surface area (Å²) in [5.74, 6) is -0.538. The molecule has 1 aliphatic carbocycles. The molecule has 1 amide bonds. The lowest BCUT2D eigenvalue weighted by atomic mass is 9.87. The maximum atomic E-state index is 12.9. The Morgan fingerprint density at radius 2 is 2.11 bits per heavy atom. The highest BCUT2D eigenvalue weighted by Gasteiger charge is 2.38. The van der Waals surface area contributed by atoms with E-state index in [9.17, 15) is 14.0 Å². The van der Waals surface area contributed by atoms with Gasteiger partial charge in [-0.15, -0.1) is 0 Å². The van der Waals surface area contributed by atoms with Crippen LogP contribution in [0.25, 0.3) is 0 Å². The number of aliphatic imine (C=N–C) groups is 1. The van der Waals surface area contributed by atoms with E-state index in [1.54, 1.807) is 13.0 Å². The molecule has 3 N–H and O–H groups in total. The average molecular weight is 398 g/mol. The van der Waals surface area contributed by atoms with Gasteiger partial charge in [-0.05, 0) is 25.8 Å². The molecular weight excluding hydrogens is 367 g/mol. The lowest BCUT2D eigenvalue weighted by Gasteiger charge is -2.39. The summed E-state index contributed by atoms with van der Waals surface area (Å²) in [4.78, 5) is 28.5. The van der Waals surface area contributed by atoms with Crippen LogP contribution >= 0.6 is 0 Å². The molecule has 0 saturated carbocycles. The molecule has 0 aromatic rings. The van der Waals surface area contributed by atoms with Gasteiger partial charge in [-0.2, -0.15) is 0 Å². The number of carbonyl (C=O) groups is 2. The second-order valence-electron chi connectivity index (χ2n) is 6.79. The van der Waals surface area contributed by atoms with E-state index in [1.807, 2.05) is 13.8 Å². The molecule has 1 heterocycles. The first-order chi connectivity index (χ1) is 13.5. The Labute approximate surface area is 165 Å². The fourth-order valence-electron chi connectivity index (χ4n) is 3.38. The molecule has 28 heavy (non-hydrogen) atoms. The Balaban J connectivity index is 2.31. The zero-order valence-electron chi connectivity index (χ0n) is 16.8. The van der Waals surface area contributed by atoms with Crippen molar-refractivity contribution in [1.82, 2.24) is 16.0 Å². The van der Waals surface area contributed by atoms with Gasteiger partial charge in [0.25, 0.3) is 5.91 Å². The third kappa shape index (κ3) is 5.92. The predicted octanol–water partition coefficient (Wildman–Crippen LogP) is 0.825. The standard InChI is InChI=1S/C19H31FN4O4/c1-4-13(5-2)28-15-10-12(18(26)27-6-3)9-14(17(15)24-16(25)11-20)23-19-21-7-8-22-19/h10,13-15,17H,4-9,11H2,1-3H3,(H,24,25)(H2,21,22,23). The fourth-order valence-corrected chi connectivity index (χ4v) is 3.38. The van der Waals surface area contributed by atoms with Crippen LogP contribution in [0.5, 0.6) is 0 Å². The van der Waals surface area contributed by atoms with Crippen molar-refractivity contribution in [2.24, 2.45) is 4.99 Å². The van der Waals surface area contributed by atoms with Gasteiger partial charge in [0.05, 0.1) is 37.4 Å². The Bertz CT molecular complexity index is 607. The molecule has 0 spiro atoms. The molecule has 2 aliphatic rings. The first-order valence-corrected chi connectivity index (χ1v) is 9.95. The Morgan fingerprint density at radius 3 is 2.68 bits per heavy atom. The van der Waals surface area contributed by atoms with E-state index in [2.05, 4.69) is 20.9 Å². The van der Waals surface area contributed by atoms with Crippen molar-refractivity contribution in [2.45, 2.75) is 64.3 Å². The van der Waals surface area contributed by atoms with Crippen molar-refractivity contribution in [2.75, 3.05) is 26.4 Å². The quantitative estimate of drug-likeness (QED) is 0.497. The maximum absolute atomic E-state index is 12.9. The van der Waals surface area contributed by atoms with Crippen molar-refractivity contribution in [3.8, 4) is 0 Å². The molecule has 1 aliphatic heterocycles. The van der Waals surface area contributed by atoms with Gasteiger partial charge < -0.3 is 25.4 Å². The van der Waals surface area contributed by atoms with Crippen LogP contribution in [-0.2, 0) is 19.1 Å². The topological polar surface area (TPSA) is 101 Å². The summed E-state index contributed by atoms with van der Waals surface area (Å²) in [6, 6.07) is -0.948. The minimum absolute atomic E-state index is 0.0461. The SMILES string of the molecule is CCOC(=O)C1=CC(OC(CC)CC)C(NC(=O)CF)C(NC2=NCCN2)C1. The minimum atomic E-state index is -1.12. The van der Waals surface area contributed by atoms with E-state index >= 15 is 0 Å². The van der Waals surface area contributed by atoms with Crippen LogP contribution in [0, 0.1) is 0 Å². The van der Waals surface area contributed by atoms with Crippen LogP contribution < -0.4 is 16.0 Å². The summed E-state index contributed by atoms with van der Waals surface area (Å²) in [6.07, 6.45) is 2.93. The van der Waals surface area contributed by atoms with Crippen molar-refractivity contribution in [3.05, 3.63) is 11.6 Å². The normalized spacial score (nSPS) is 24.2. The summed E-state index contributed by atoms with van der Waals surface area (Å²) in [5.41, 5.74) is 0.472. The summed E-state index contributed by atoms with van der Waals surface area (Å²) < 4.78 is 24.2. The molecule has 0 saturated heterocycles. The molecule has 0 aromatic heterocycles. The minimum Gasteiger partial charge on any atom is -0.463 e. The van der Waals surface area contributed by atoms with Gasteiger partial charge in [0, 0.05) is 18.5 Å². The lowest BCUT2D eigenvalue weighted by Crippen LogP contribution is -2.61. The summed E-state index contributed by atoms with van der Waals surface area (Å²) in [5, 5.41) is 9.06. The molecule has 0 aromatic carbocycles. The van der Waals surface area contributed by atoms with Crippen molar-refractivity contribution >= 4 is 17.8 Å². The summed E-state index contributed by atoms with van der Waals surface area (Å²) in [7, 11) is 0. The van der Waals surface area contributed by atoms with Crippen LogP contribution in [0.1, 0.15) is 40.0 Å². The summed E-state index contributed by atoms with van der Waals surface area (Å²) >= 11 is 0. The van der Waals surface area contributed by atoms with Gasteiger partial charge in [-0.3, -0.25) is 9.79 Å².